The van der Waals surface area contributed by atoms with Crippen LogP contribution in [0.3, 0.4) is 0 Å². The third kappa shape index (κ3) is 6.84. The lowest BCUT2D eigenvalue weighted by Crippen LogP contribution is -2.39. The molecular weight excluding hydrogens is 456 g/mol. The van der Waals surface area contributed by atoms with E-state index in [0.717, 1.165) is 5.56 Å². The summed E-state index contributed by atoms with van der Waals surface area (Å²) >= 11 is 0. The molecule has 34 heavy (non-hydrogen) atoms. The summed E-state index contributed by atoms with van der Waals surface area (Å²) in [5.41, 5.74) is 1.76. The molecule has 0 bridgehead atoms. The van der Waals surface area contributed by atoms with Gasteiger partial charge in [0.2, 0.25) is 21.7 Å². The average Bonchev–Trinajstić information content (AvgIpc) is 2.86. The molecule has 0 aliphatic carbocycles. The van der Waals surface area contributed by atoms with Gasteiger partial charge >= 0.3 is 5.97 Å². The molecule has 3 aromatic carbocycles. The van der Waals surface area contributed by atoms with Crippen molar-refractivity contribution in [3.05, 3.63) is 102 Å². The summed E-state index contributed by atoms with van der Waals surface area (Å²) in [5.74, 6) is -1.97. The largest absolute Gasteiger partial charge is 0.448 e. The molecule has 0 radical (unpaired) electrons. The molecule has 9 heteroatoms. The van der Waals surface area contributed by atoms with Gasteiger partial charge in [-0.05, 0) is 19.1 Å². The van der Waals surface area contributed by atoms with Gasteiger partial charge in [0.25, 0.3) is 0 Å². The summed E-state index contributed by atoms with van der Waals surface area (Å²) in [6, 6.07) is 23.1. The first-order valence-corrected chi connectivity index (χ1v) is 11.9. The van der Waals surface area contributed by atoms with Crippen LogP contribution in [-0.4, -0.2) is 39.2 Å². The van der Waals surface area contributed by atoms with Crippen LogP contribution in [0.25, 0.3) is 0 Å². The lowest BCUT2D eigenvalue weighted by Gasteiger charge is -2.17. The highest BCUT2D eigenvalue weighted by Crippen LogP contribution is 2.22. The van der Waals surface area contributed by atoms with E-state index in [2.05, 4.69) is 10.0 Å². The number of ketones is 1. The van der Waals surface area contributed by atoms with Crippen molar-refractivity contribution in [2.24, 2.45) is 0 Å². The first-order valence-electron chi connectivity index (χ1n) is 10.4. The fourth-order valence-corrected chi connectivity index (χ4v) is 4.00. The summed E-state index contributed by atoms with van der Waals surface area (Å²) in [6.07, 6.45) is -1.19. The summed E-state index contributed by atoms with van der Waals surface area (Å²) in [4.78, 5) is 37.4. The van der Waals surface area contributed by atoms with Gasteiger partial charge < -0.3 is 10.1 Å². The van der Waals surface area contributed by atoms with Crippen molar-refractivity contribution < 1.29 is 27.5 Å². The second-order valence-corrected chi connectivity index (χ2v) is 9.19. The van der Waals surface area contributed by atoms with E-state index in [-0.39, 0.29) is 4.90 Å². The molecule has 8 nitrogen and oxygen atoms in total. The van der Waals surface area contributed by atoms with E-state index in [4.69, 9.17) is 4.74 Å². The van der Waals surface area contributed by atoms with Gasteiger partial charge in [-0.15, -0.1) is 0 Å². The standard InChI is InChI=1S/C25H24N2O6S/c1-18-12-14-21(15-13-18)34(31,32)27-16-22(28)26-17-23(29)33-25(20-10-6-3-7-11-20)24(30)19-8-4-2-5-9-19/h2-15,25,27H,16-17H2,1H3,(H,26,28)/t25-/m0/s1. The molecule has 0 aromatic heterocycles. The normalized spacial score (nSPS) is 11.9. The maximum absolute atomic E-state index is 12.9. The first-order chi connectivity index (χ1) is 16.3. The Hall–Kier alpha value is -3.82. The molecular formula is C25H24N2O6S. The monoisotopic (exact) mass is 480 g/mol. The third-order valence-corrected chi connectivity index (χ3v) is 6.25. The lowest BCUT2D eigenvalue weighted by molar-refractivity contribution is -0.147. The number of nitrogens with one attached hydrogen (secondary N) is 2. The third-order valence-electron chi connectivity index (χ3n) is 4.83. The van der Waals surface area contributed by atoms with E-state index in [1.807, 2.05) is 6.92 Å². The van der Waals surface area contributed by atoms with Crippen molar-refractivity contribution in [2.75, 3.05) is 13.1 Å². The van der Waals surface area contributed by atoms with Gasteiger partial charge in [0, 0.05) is 11.1 Å². The van der Waals surface area contributed by atoms with Crippen LogP contribution in [0.2, 0.25) is 0 Å². The Kier molecular flexibility index (Phi) is 8.29. The quantitative estimate of drug-likeness (QED) is 0.340. The molecule has 2 N–H and O–H groups in total. The van der Waals surface area contributed by atoms with E-state index in [1.54, 1.807) is 72.8 Å². The Bertz CT molecular complexity index is 1240. The fourth-order valence-electron chi connectivity index (χ4n) is 3.02. The lowest BCUT2D eigenvalue weighted by atomic mass is 10.00. The molecule has 3 rings (SSSR count). The number of carbonyl (C=O) groups excluding carboxylic acids is 3. The van der Waals surface area contributed by atoms with E-state index in [1.165, 1.54) is 12.1 Å². The number of carbonyl (C=O) groups is 3. The summed E-state index contributed by atoms with van der Waals surface area (Å²) < 4.78 is 32.1. The van der Waals surface area contributed by atoms with Gasteiger partial charge in [-0.3, -0.25) is 14.4 Å². The molecule has 0 fully saturated rings. The number of rotatable bonds is 10. The predicted octanol–water partition coefficient (Wildman–Crippen LogP) is 2.56. The predicted molar refractivity (Wildman–Crippen MR) is 125 cm³/mol. The number of amides is 1. The number of ether oxygens (including phenoxy) is 1. The average molecular weight is 481 g/mol. The van der Waals surface area contributed by atoms with Crippen LogP contribution in [0, 0.1) is 6.92 Å². The Morgan fingerprint density at radius 1 is 0.824 bits per heavy atom. The van der Waals surface area contributed by atoms with Crippen LogP contribution in [-0.2, 0) is 24.3 Å². The van der Waals surface area contributed by atoms with Crippen LogP contribution in [0.5, 0.6) is 0 Å². The maximum Gasteiger partial charge on any atom is 0.326 e. The van der Waals surface area contributed by atoms with E-state index < -0.39 is 46.9 Å². The van der Waals surface area contributed by atoms with Gasteiger partial charge in [0.15, 0.2) is 6.10 Å². The highest BCUT2D eigenvalue weighted by atomic mass is 32.2. The van der Waals surface area contributed by atoms with Crippen molar-refractivity contribution in [1.82, 2.24) is 10.0 Å². The van der Waals surface area contributed by atoms with Gasteiger partial charge in [-0.2, -0.15) is 0 Å². The first kappa shape index (κ1) is 24.8. The molecule has 1 amide bonds. The summed E-state index contributed by atoms with van der Waals surface area (Å²) in [5, 5.41) is 2.30. The molecule has 1 atom stereocenters. The highest BCUT2D eigenvalue weighted by Gasteiger charge is 2.26. The summed E-state index contributed by atoms with van der Waals surface area (Å²) in [7, 11) is -3.88. The molecule has 0 heterocycles. The van der Waals surface area contributed by atoms with Crippen molar-refractivity contribution in [3.63, 3.8) is 0 Å². The van der Waals surface area contributed by atoms with Gasteiger partial charge in [0.1, 0.15) is 6.54 Å². The second kappa shape index (κ2) is 11.4. The molecule has 0 spiro atoms. The van der Waals surface area contributed by atoms with Crippen molar-refractivity contribution in [1.29, 1.82) is 0 Å². The fraction of sp³-hybridized carbons (Fsp3) is 0.160. The number of sulfonamides is 1. The van der Waals surface area contributed by atoms with E-state index in [0.29, 0.717) is 11.1 Å². The maximum atomic E-state index is 12.9. The Labute approximate surface area is 198 Å². The zero-order chi connectivity index (χ0) is 24.6. The van der Waals surface area contributed by atoms with Crippen LogP contribution in [0.4, 0.5) is 0 Å². The number of aryl methyl sites for hydroxylation is 1. The highest BCUT2D eigenvalue weighted by molar-refractivity contribution is 7.89. The van der Waals surface area contributed by atoms with Crippen LogP contribution >= 0.6 is 0 Å². The van der Waals surface area contributed by atoms with Crippen LogP contribution in [0.15, 0.2) is 89.8 Å². The number of hydrogen-bond acceptors (Lipinski definition) is 6. The van der Waals surface area contributed by atoms with E-state index in [9.17, 15) is 22.8 Å². The van der Waals surface area contributed by atoms with E-state index >= 15 is 0 Å². The van der Waals surface area contributed by atoms with Crippen LogP contribution in [0.1, 0.15) is 27.6 Å². The Morgan fingerprint density at radius 2 is 1.41 bits per heavy atom. The van der Waals surface area contributed by atoms with Gasteiger partial charge in [0.05, 0.1) is 11.4 Å². The Balaban J connectivity index is 1.57. The molecule has 0 saturated carbocycles. The number of esters is 1. The van der Waals surface area contributed by atoms with Crippen molar-refractivity contribution >= 4 is 27.7 Å². The van der Waals surface area contributed by atoms with Gasteiger partial charge in [-0.25, -0.2) is 13.1 Å². The van der Waals surface area contributed by atoms with Crippen LogP contribution < -0.4 is 10.0 Å². The Morgan fingerprint density at radius 3 is 2.03 bits per heavy atom. The molecule has 0 aliphatic rings. The van der Waals surface area contributed by atoms with Crippen molar-refractivity contribution in [2.45, 2.75) is 17.9 Å². The van der Waals surface area contributed by atoms with Gasteiger partial charge in [-0.1, -0.05) is 78.4 Å². The molecule has 0 unspecified atom stereocenters. The number of hydrogen-bond donors (Lipinski definition) is 2. The minimum absolute atomic E-state index is 0.0236. The molecule has 0 aliphatic heterocycles. The minimum atomic E-state index is -3.88. The SMILES string of the molecule is Cc1ccc(S(=O)(=O)NCC(=O)NCC(=O)O[C@H](C(=O)c2ccccc2)c2ccccc2)cc1. The molecule has 3 aromatic rings. The zero-order valence-corrected chi connectivity index (χ0v) is 19.2. The minimum Gasteiger partial charge on any atom is -0.448 e. The zero-order valence-electron chi connectivity index (χ0n) is 18.4. The van der Waals surface area contributed by atoms with Crippen molar-refractivity contribution in [3.8, 4) is 0 Å². The summed E-state index contributed by atoms with van der Waals surface area (Å²) in [6.45, 7) is 0.733. The molecule has 0 saturated heterocycles. The topological polar surface area (TPSA) is 119 Å². The number of Topliss-reactive ketones (excluding diaryl/α,β-unsaturated/α-hetero) is 1. The smallest absolute Gasteiger partial charge is 0.326 e. The number of benzene rings is 3. The molecule has 176 valence electrons. The second-order valence-electron chi connectivity index (χ2n) is 7.43.